The second-order valence-corrected chi connectivity index (χ2v) is 3.80. The second kappa shape index (κ2) is 3.92. The van der Waals surface area contributed by atoms with E-state index in [1.165, 1.54) is 6.07 Å². The Labute approximate surface area is 92.5 Å². The molecule has 2 aromatic heterocycles. The van der Waals surface area contributed by atoms with Gasteiger partial charge < -0.3 is 10.1 Å². The molecule has 0 aliphatic rings. The molecule has 2 N–H and O–H groups in total. The van der Waals surface area contributed by atoms with Gasteiger partial charge >= 0.3 is 5.97 Å². The van der Waals surface area contributed by atoms with Crippen molar-refractivity contribution in [2.24, 2.45) is 0 Å². The van der Waals surface area contributed by atoms with Crippen LogP contribution >= 0.6 is 0 Å². The molecule has 0 aromatic carbocycles. The van der Waals surface area contributed by atoms with Gasteiger partial charge in [0.1, 0.15) is 5.82 Å². The molecule has 2 heterocycles. The highest BCUT2D eigenvalue weighted by molar-refractivity contribution is 5.88. The molecule has 0 amide bonds. The zero-order chi connectivity index (χ0) is 11.7. The van der Waals surface area contributed by atoms with Gasteiger partial charge in [-0.3, -0.25) is 0 Å². The summed E-state index contributed by atoms with van der Waals surface area (Å²) in [6.07, 6.45) is 0.978. The predicted octanol–water partition coefficient (Wildman–Crippen LogP) is 2.17. The molecule has 5 heteroatoms. The molecule has 16 heavy (non-hydrogen) atoms. The number of nitrogens with one attached hydrogen (secondary N) is 1. The molecule has 0 aliphatic carbocycles. The highest BCUT2D eigenvalue weighted by atomic mass is 16.4. The van der Waals surface area contributed by atoms with Gasteiger partial charge in [0.05, 0.1) is 5.52 Å². The van der Waals surface area contributed by atoms with Gasteiger partial charge in [0.25, 0.3) is 0 Å². The minimum absolute atomic E-state index is 0.0229. The lowest BCUT2D eigenvalue weighted by molar-refractivity contribution is 0.0691. The van der Waals surface area contributed by atoms with Crippen LogP contribution in [0.2, 0.25) is 0 Å². The lowest BCUT2D eigenvalue weighted by Crippen LogP contribution is -1.99. The summed E-state index contributed by atoms with van der Waals surface area (Å²) in [5, 5.41) is 8.81. The summed E-state index contributed by atoms with van der Waals surface area (Å²) in [6.45, 7) is 4.14. The van der Waals surface area contributed by atoms with Crippen LogP contribution in [0.5, 0.6) is 0 Å². The summed E-state index contributed by atoms with van der Waals surface area (Å²) in [5.74, 6) is 0.144. The molecule has 0 fully saturated rings. The van der Waals surface area contributed by atoms with Crippen molar-refractivity contribution in [3.8, 4) is 0 Å². The third-order valence-electron chi connectivity index (χ3n) is 2.66. The topological polar surface area (TPSA) is 78.9 Å². The fourth-order valence-electron chi connectivity index (χ4n) is 1.46. The van der Waals surface area contributed by atoms with Gasteiger partial charge in [-0.05, 0) is 18.6 Å². The van der Waals surface area contributed by atoms with E-state index in [9.17, 15) is 4.79 Å². The smallest absolute Gasteiger partial charge is 0.354 e. The van der Waals surface area contributed by atoms with Gasteiger partial charge in [0.2, 0.25) is 0 Å². The summed E-state index contributed by atoms with van der Waals surface area (Å²) in [4.78, 5) is 22.2. The van der Waals surface area contributed by atoms with Gasteiger partial charge in [-0.2, -0.15) is 0 Å². The number of hydrogen-bond donors (Lipinski definition) is 2. The Bertz CT molecular complexity index is 533. The fourth-order valence-corrected chi connectivity index (χ4v) is 1.46. The molecule has 5 nitrogen and oxygen atoms in total. The third kappa shape index (κ3) is 1.76. The highest BCUT2D eigenvalue weighted by Gasteiger charge is 2.12. The first-order valence-electron chi connectivity index (χ1n) is 5.21. The van der Waals surface area contributed by atoms with Crippen molar-refractivity contribution in [3.05, 3.63) is 23.7 Å². The number of carboxylic acid groups (broad SMARTS) is 1. The van der Waals surface area contributed by atoms with Crippen molar-refractivity contribution in [2.75, 3.05) is 0 Å². The number of imidazole rings is 1. The van der Waals surface area contributed by atoms with Gasteiger partial charge in [0.15, 0.2) is 11.3 Å². The fraction of sp³-hybridized carbons (Fsp3) is 0.364. The maximum absolute atomic E-state index is 10.7. The van der Waals surface area contributed by atoms with Gasteiger partial charge in [-0.1, -0.05) is 13.8 Å². The number of hydrogen-bond acceptors (Lipinski definition) is 3. The van der Waals surface area contributed by atoms with Crippen molar-refractivity contribution in [1.29, 1.82) is 0 Å². The number of nitrogens with zero attached hydrogens (tertiary/aromatic N) is 2. The Morgan fingerprint density at radius 3 is 2.88 bits per heavy atom. The van der Waals surface area contributed by atoms with Gasteiger partial charge in [-0.15, -0.1) is 0 Å². The second-order valence-electron chi connectivity index (χ2n) is 3.80. The van der Waals surface area contributed by atoms with E-state index in [0.717, 1.165) is 17.8 Å². The molecular formula is C11H13N3O2. The number of aromatic carboxylic acids is 1. The molecule has 0 spiro atoms. The predicted molar refractivity (Wildman–Crippen MR) is 59.6 cm³/mol. The molecule has 1 unspecified atom stereocenters. The largest absolute Gasteiger partial charge is 0.477 e. The summed E-state index contributed by atoms with van der Waals surface area (Å²) >= 11 is 0. The SMILES string of the molecule is CCC(C)c1nc2nc(C(=O)O)ccc2[nH]1. The monoisotopic (exact) mass is 219 g/mol. The molecule has 1 atom stereocenters. The number of carbonyl (C=O) groups is 1. The van der Waals surface area contributed by atoms with E-state index in [1.807, 2.05) is 0 Å². The molecule has 0 radical (unpaired) electrons. The number of aromatic nitrogens is 3. The number of fused-ring (bicyclic) bond motifs is 1. The minimum atomic E-state index is -1.03. The molecule has 0 aliphatic heterocycles. The number of rotatable bonds is 3. The van der Waals surface area contributed by atoms with Crippen LogP contribution in [-0.4, -0.2) is 26.0 Å². The van der Waals surface area contributed by atoms with Crippen molar-refractivity contribution in [3.63, 3.8) is 0 Å². The number of pyridine rings is 1. The van der Waals surface area contributed by atoms with E-state index in [1.54, 1.807) is 6.07 Å². The van der Waals surface area contributed by atoms with Crippen molar-refractivity contribution < 1.29 is 9.90 Å². The Morgan fingerprint density at radius 1 is 1.50 bits per heavy atom. The van der Waals surface area contributed by atoms with Crippen molar-refractivity contribution in [1.82, 2.24) is 15.0 Å². The first-order chi connectivity index (χ1) is 7.61. The molecule has 2 rings (SSSR count). The first kappa shape index (κ1) is 10.6. The van der Waals surface area contributed by atoms with E-state index in [4.69, 9.17) is 5.11 Å². The molecule has 0 bridgehead atoms. The Hall–Kier alpha value is -1.91. The molecule has 0 saturated carbocycles. The van der Waals surface area contributed by atoms with Crippen LogP contribution in [-0.2, 0) is 0 Å². The van der Waals surface area contributed by atoms with Crippen LogP contribution in [0.25, 0.3) is 11.2 Å². The average molecular weight is 219 g/mol. The lowest BCUT2D eigenvalue weighted by Gasteiger charge is -2.01. The van der Waals surface area contributed by atoms with E-state index >= 15 is 0 Å². The van der Waals surface area contributed by atoms with E-state index in [-0.39, 0.29) is 5.69 Å². The summed E-state index contributed by atoms with van der Waals surface area (Å²) in [6, 6.07) is 3.17. The third-order valence-corrected chi connectivity index (χ3v) is 2.66. The summed E-state index contributed by atoms with van der Waals surface area (Å²) in [5.41, 5.74) is 1.27. The standard InChI is InChI=1S/C11H13N3O2/c1-3-6(2)9-12-7-4-5-8(11(15)16)13-10(7)14-9/h4-6H,3H2,1-2H3,(H,15,16)(H,12,13,14). The highest BCUT2D eigenvalue weighted by Crippen LogP contribution is 2.18. The zero-order valence-corrected chi connectivity index (χ0v) is 9.19. The number of carboxylic acids is 1. The first-order valence-corrected chi connectivity index (χ1v) is 5.21. The van der Waals surface area contributed by atoms with E-state index in [2.05, 4.69) is 28.8 Å². The summed E-state index contributed by atoms with van der Waals surface area (Å²) in [7, 11) is 0. The van der Waals surface area contributed by atoms with E-state index in [0.29, 0.717) is 11.6 Å². The lowest BCUT2D eigenvalue weighted by atomic mass is 10.1. The van der Waals surface area contributed by atoms with Crippen LogP contribution in [0, 0.1) is 0 Å². The van der Waals surface area contributed by atoms with E-state index < -0.39 is 5.97 Å². The Kier molecular flexibility index (Phi) is 2.60. The van der Waals surface area contributed by atoms with Crippen LogP contribution < -0.4 is 0 Å². The van der Waals surface area contributed by atoms with Crippen molar-refractivity contribution >= 4 is 17.1 Å². The van der Waals surface area contributed by atoms with Crippen LogP contribution in [0.15, 0.2) is 12.1 Å². The van der Waals surface area contributed by atoms with Crippen LogP contribution in [0.3, 0.4) is 0 Å². The molecule has 2 aromatic rings. The normalized spacial score (nSPS) is 12.9. The maximum Gasteiger partial charge on any atom is 0.354 e. The van der Waals surface area contributed by atoms with Crippen LogP contribution in [0.1, 0.15) is 42.5 Å². The van der Waals surface area contributed by atoms with Gasteiger partial charge in [-0.25, -0.2) is 14.8 Å². The molecule has 0 saturated heterocycles. The zero-order valence-electron chi connectivity index (χ0n) is 9.19. The summed E-state index contributed by atoms with van der Waals surface area (Å²) < 4.78 is 0. The Morgan fingerprint density at radius 2 is 2.25 bits per heavy atom. The molecule has 84 valence electrons. The average Bonchev–Trinajstić information content (AvgIpc) is 2.70. The minimum Gasteiger partial charge on any atom is -0.477 e. The van der Waals surface area contributed by atoms with Crippen LogP contribution in [0.4, 0.5) is 0 Å². The quantitative estimate of drug-likeness (QED) is 0.829. The number of H-pyrrole nitrogens is 1. The number of aromatic amines is 1. The maximum atomic E-state index is 10.7. The Balaban J connectivity index is 2.49. The van der Waals surface area contributed by atoms with Crippen molar-refractivity contribution in [2.45, 2.75) is 26.2 Å². The van der Waals surface area contributed by atoms with Gasteiger partial charge in [0, 0.05) is 5.92 Å². The molecular weight excluding hydrogens is 206 g/mol.